The number of rotatable bonds is 2. The molecule has 4 nitrogen and oxygen atoms in total. The molecular weight excluding hydrogens is 122 g/mol. The second-order valence-corrected chi connectivity index (χ2v) is 1.28. The fourth-order valence-electron chi connectivity index (χ4n) is 0.252. The summed E-state index contributed by atoms with van der Waals surface area (Å²) < 4.78 is 4.34. The molecule has 0 aliphatic rings. The van der Waals surface area contributed by atoms with Crippen molar-refractivity contribution in [2.75, 3.05) is 6.61 Å². The third-order valence-corrected chi connectivity index (χ3v) is 0.638. The maximum atomic E-state index is 10.1. The molecule has 0 aromatic rings. The summed E-state index contributed by atoms with van der Waals surface area (Å²) in [5.74, 6) is 0. The van der Waals surface area contributed by atoms with E-state index in [-0.39, 0.29) is 6.61 Å². The van der Waals surface area contributed by atoms with E-state index >= 15 is 0 Å². The van der Waals surface area contributed by atoms with Gasteiger partial charge in [-0.05, 0) is 6.92 Å². The SMILES string of the molecule is C/C=C\COC(=O)NO. The van der Waals surface area contributed by atoms with E-state index in [1.807, 2.05) is 0 Å². The Bertz CT molecular complexity index is 111. The van der Waals surface area contributed by atoms with Crippen molar-refractivity contribution in [2.45, 2.75) is 6.92 Å². The van der Waals surface area contributed by atoms with Gasteiger partial charge in [0.05, 0.1) is 0 Å². The summed E-state index contributed by atoms with van der Waals surface area (Å²) in [5.41, 5.74) is 1.33. The average Bonchev–Trinajstić information content (AvgIpc) is 1.89. The molecule has 0 fully saturated rings. The van der Waals surface area contributed by atoms with Gasteiger partial charge in [0, 0.05) is 0 Å². The molecule has 0 saturated heterocycles. The van der Waals surface area contributed by atoms with Gasteiger partial charge in [0.2, 0.25) is 0 Å². The van der Waals surface area contributed by atoms with Gasteiger partial charge in [0.1, 0.15) is 6.61 Å². The van der Waals surface area contributed by atoms with Crippen molar-refractivity contribution in [3.63, 3.8) is 0 Å². The van der Waals surface area contributed by atoms with E-state index in [1.54, 1.807) is 19.1 Å². The summed E-state index contributed by atoms with van der Waals surface area (Å²) in [6.45, 7) is 1.99. The van der Waals surface area contributed by atoms with Gasteiger partial charge in [-0.3, -0.25) is 5.21 Å². The molecule has 0 unspecified atom stereocenters. The Labute approximate surface area is 53.1 Å². The molecule has 0 heterocycles. The van der Waals surface area contributed by atoms with E-state index in [9.17, 15) is 4.79 Å². The van der Waals surface area contributed by atoms with Crippen molar-refractivity contribution >= 4 is 6.09 Å². The van der Waals surface area contributed by atoms with E-state index in [4.69, 9.17) is 5.21 Å². The number of carbonyl (C=O) groups excluding carboxylic acids is 1. The number of hydrogen-bond acceptors (Lipinski definition) is 3. The van der Waals surface area contributed by atoms with E-state index in [2.05, 4.69) is 4.74 Å². The second kappa shape index (κ2) is 5.11. The Balaban J connectivity index is 3.17. The van der Waals surface area contributed by atoms with Crippen molar-refractivity contribution in [2.24, 2.45) is 0 Å². The molecule has 52 valence electrons. The molecule has 2 N–H and O–H groups in total. The van der Waals surface area contributed by atoms with Crippen LogP contribution in [0.1, 0.15) is 6.92 Å². The molecule has 0 saturated carbocycles. The fourth-order valence-corrected chi connectivity index (χ4v) is 0.252. The molecule has 0 aromatic carbocycles. The molecule has 0 aliphatic carbocycles. The molecule has 0 spiro atoms. The average molecular weight is 131 g/mol. The Hall–Kier alpha value is -1.03. The number of carbonyl (C=O) groups is 1. The molecule has 0 bridgehead atoms. The number of nitrogens with one attached hydrogen (secondary N) is 1. The molecule has 9 heavy (non-hydrogen) atoms. The van der Waals surface area contributed by atoms with Crippen LogP contribution in [0.2, 0.25) is 0 Å². The predicted molar refractivity (Wildman–Crippen MR) is 31.1 cm³/mol. The quantitative estimate of drug-likeness (QED) is 0.329. The Morgan fingerprint density at radius 1 is 1.89 bits per heavy atom. The van der Waals surface area contributed by atoms with Crippen LogP contribution in [-0.4, -0.2) is 17.9 Å². The third-order valence-electron chi connectivity index (χ3n) is 0.638. The van der Waals surface area contributed by atoms with E-state index in [0.717, 1.165) is 0 Å². The van der Waals surface area contributed by atoms with Gasteiger partial charge in [-0.25, -0.2) is 10.3 Å². The zero-order chi connectivity index (χ0) is 7.11. The summed E-state index contributed by atoms with van der Waals surface area (Å²) in [6.07, 6.45) is 2.55. The standard InChI is InChI=1S/C5H9NO3/c1-2-3-4-9-5(7)6-8/h2-3,8H,4H2,1H3,(H,6,7)/b3-2-. The van der Waals surface area contributed by atoms with Gasteiger partial charge in [0.15, 0.2) is 0 Å². The minimum atomic E-state index is -0.840. The Morgan fingerprint density at radius 3 is 3.00 bits per heavy atom. The zero-order valence-electron chi connectivity index (χ0n) is 5.13. The summed E-state index contributed by atoms with van der Waals surface area (Å²) in [7, 11) is 0. The van der Waals surface area contributed by atoms with E-state index in [0.29, 0.717) is 0 Å². The molecule has 0 atom stereocenters. The smallest absolute Gasteiger partial charge is 0.431 e. The minimum absolute atomic E-state index is 0.183. The van der Waals surface area contributed by atoms with Gasteiger partial charge in [-0.1, -0.05) is 12.2 Å². The van der Waals surface area contributed by atoms with Crippen LogP contribution in [0, 0.1) is 0 Å². The molecule has 4 heteroatoms. The van der Waals surface area contributed by atoms with Crippen LogP contribution in [0.4, 0.5) is 4.79 Å². The van der Waals surface area contributed by atoms with Gasteiger partial charge in [0.25, 0.3) is 0 Å². The van der Waals surface area contributed by atoms with Gasteiger partial charge >= 0.3 is 6.09 Å². The number of hydrogen-bond donors (Lipinski definition) is 2. The van der Waals surface area contributed by atoms with Crippen LogP contribution in [0.5, 0.6) is 0 Å². The first-order chi connectivity index (χ1) is 4.31. The second-order valence-electron chi connectivity index (χ2n) is 1.28. The highest BCUT2D eigenvalue weighted by atomic mass is 16.6. The lowest BCUT2D eigenvalue weighted by Gasteiger charge is -1.96. The van der Waals surface area contributed by atoms with Crippen molar-refractivity contribution in [1.29, 1.82) is 0 Å². The fraction of sp³-hybridized carbons (Fsp3) is 0.400. The highest BCUT2D eigenvalue weighted by Crippen LogP contribution is 1.76. The Morgan fingerprint density at radius 2 is 2.56 bits per heavy atom. The van der Waals surface area contributed by atoms with Gasteiger partial charge in [-0.2, -0.15) is 0 Å². The number of ether oxygens (including phenoxy) is 1. The van der Waals surface area contributed by atoms with Gasteiger partial charge in [-0.15, -0.1) is 0 Å². The summed E-state index contributed by atoms with van der Waals surface area (Å²) in [5, 5.41) is 7.89. The largest absolute Gasteiger partial charge is 0.444 e. The Kier molecular flexibility index (Phi) is 4.53. The van der Waals surface area contributed by atoms with Crippen molar-refractivity contribution in [3.8, 4) is 0 Å². The van der Waals surface area contributed by atoms with Crippen LogP contribution in [-0.2, 0) is 4.74 Å². The lowest BCUT2D eigenvalue weighted by Crippen LogP contribution is -2.19. The summed E-state index contributed by atoms with van der Waals surface area (Å²) >= 11 is 0. The maximum absolute atomic E-state index is 10.1. The number of hydroxylamine groups is 1. The van der Waals surface area contributed by atoms with Crippen LogP contribution < -0.4 is 5.48 Å². The van der Waals surface area contributed by atoms with E-state index < -0.39 is 6.09 Å². The first kappa shape index (κ1) is 7.97. The van der Waals surface area contributed by atoms with Crippen LogP contribution in [0.3, 0.4) is 0 Å². The monoisotopic (exact) mass is 131 g/mol. The van der Waals surface area contributed by atoms with Crippen molar-refractivity contribution < 1.29 is 14.7 Å². The molecule has 0 aromatic heterocycles. The first-order valence-corrected chi connectivity index (χ1v) is 2.49. The number of amides is 1. The molecule has 0 aliphatic heterocycles. The predicted octanol–water partition coefficient (Wildman–Crippen LogP) is 0.678. The third kappa shape index (κ3) is 4.83. The highest BCUT2D eigenvalue weighted by molar-refractivity contribution is 5.65. The highest BCUT2D eigenvalue weighted by Gasteiger charge is 1.92. The van der Waals surface area contributed by atoms with Crippen LogP contribution in [0.15, 0.2) is 12.2 Å². The van der Waals surface area contributed by atoms with Crippen molar-refractivity contribution in [3.05, 3.63) is 12.2 Å². The minimum Gasteiger partial charge on any atom is -0.444 e. The van der Waals surface area contributed by atoms with Crippen molar-refractivity contribution in [1.82, 2.24) is 5.48 Å². The number of allylic oxidation sites excluding steroid dienone is 1. The molecular formula is C5H9NO3. The topological polar surface area (TPSA) is 58.6 Å². The van der Waals surface area contributed by atoms with E-state index in [1.165, 1.54) is 5.48 Å². The van der Waals surface area contributed by atoms with Crippen LogP contribution >= 0.6 is 0 Å². The summed E-state index contributed by atoms with van der Waals surface area (Å²) in [6, 6.07) is 0. The molecule has 0 rings (SSSR count). The van der Waals surface area contributed by atoms with Gasteiger partial charge < -0.3 is 4.74 Å². The molecule has 0 radical (unpaired) electrons. The first-order valence-electron chi connectivity index (χ1n) is 2.49. The lowest BCUT2D eigenvalue weighted by molar-refractivity contribution is 0.0969. The normalized spacial score (nSPS) is 9.56. The lowest BCUT2D eigenvalue weighted by atomic mass is 10.6. The maximum Gasteiger partial charge on any atom is 0.431 e. The molecule has 1 amide bonds. The van der Waals surface area contributed by atoms with Crippen LogP contribution in [0.25, 0.3) is 0 Å². The zero-order valence-corrected chi connectivity index (χ0v) is 5.13. The summed E-state index contributed by atoms with van der Waals surface area (Å²) in [4.78, 5) is 10.1.